The molecule has 3 aliphatic heterocycles. The zero-order valence-electron chi connectivity index (χ0n) is 36.0. The van der Waals surface area contributed by atoms with Gasteiger partial charge in [-0.25, -0.2) is 0 Å². The number of methoxy groups -OCH3 is 1. The van der Waals surface area contributed by atoms with Gasteiger partial charge < -0.3 is 30.7 Å². The fourth-order valence-electron chi connectivity index (χ4n) is 14.3. The second-order valence-electron chi connectivity index (χ2n) is 21.2. The van der Waals surface area contributed by atoms with Gasteiger partial charge >= 0.3 is 0 Å². The average molecular weight is 818 g/mol. The lowest BCUT2D eigenvalue weighted by molar-refractivity contribution is -0.713. The van der Waals surface area contributed by atoms with Gasteiger partial charge in [-0.05, 0) is 125 Å². The first-order chi connectivity index (χ1) is 28.5. The summed E-state index contributed by atoms with van der Waals surface area (Å²) < 4.78 is 5.75. The number of rotatable bonds is 12. The topological polar surface area (TPSA) is 176 Å². The van der Waals surface area contributed by atoms with E-state index in [1.807, 2.05) is 12.8 Å². The summed E-state index contributed by atoms with van der Waals surface area (Å²) in [5.74, 6) is 10.6. The summed E-state index contributed by atoms with van der Waals surface area (Å²) in [5, 5.41) is 39.7. The Morgan fingerprint density at radius 2 is 1.78 bits per heavy atom. The molecule has 1 spiro atoms. The summed E-state index contributed by atoms with van der Waals surface area (Å²) in [6.07, 6.45) is 21.6. The standard InChI is InChI=1S/C49H75N4O6/c1-59-44-23-35-7-11-45(57)49(17-12-31(21-46(49)58)27-48(15-2-3-16-48)38-22-36-6-10-40(55)25-42(36)52-30-38)18-13-33(41(35)26-43(44)56)4-8-39(54)9-5-34-24-47(50)53-29-37(34)20-32-14-19-51-28-32/h14,19,28,31,33-39,41-44,46-47,52-54,56,58H,2-12,15-17,20-27,29-30,50H2,1H3/q+1/p+2. The van der Waals surface area contributed by atoms with E-state index in [4.69, 9.17) is 10.5 Å². The van der Waals surface area contributed by atoms with Crippen LogP contribution in [0.25, 0.3) is 0 Å². The number of nitrogens with zero attached hydrogens (tertiary/aromatic N) is 1. The van der Waals surface area contributed by atoms with E-state index >= 15 is 0 Å². The molecule has 6 fully saturated rings. The first kappa shape index (κ1) is 43.5. The number of quaternary nitrogens is 2. The molecule has 8 rings (SSSR count). The minimum Gasteiger partial charge on any atom is -0.393 e. The molecule has 0 bridgehead atoms. The lowest BCUT2D eigenvalue weighted by Gasteiger charge is -2.48. The highest BCUT2D eigenvalue weighted by Gasteiger charge is 2.53. The van der Waals surface area contributed by atoms with Gasteiger partial charge in [-0.3, -0.25) is 15.3 Å². The Bertz CT molecular complexity index is 1600. The average Bonchev–Trinajstić information content (AvgIpc) is 3.94. The second-order valence-corrected chi connectivity index (χ2v) is 21.2. The molecule has 0 radical (unpaired) electrons. The Labute approximate surface area is 354 Å². The summed E-state index contributed by atoms with van der Waals surface area (Å²) in [6, 6.07) is 0.474. The van der Waals surface area contributed by atoms with Gasteiger partial charge in [0.25, 0.3) is 0 Å². The molecule has 326 valence electrons. The molecule has 0 aromatic rings. The van der Waals surface area contributed by atoms with Crippen LogP contribution in [0.15, 0.2) is 16.6 Å². The molecule has 59 heavy (non-hydrogen) atoms. The highest BCUT2D eigenvalue weighted by atomic mass is 16.5. The van der Waals surface area contributed by atoms with Crippen LogP contribution in [0.5, 0.6) is 0 Å². The maximum absolute atomic E-state index is 14.4. The van der Waals surface area contributed by atoms with E-state index < -0.39 is 23.7 Å². The second kappa shape index (κ2) is 19.1. The number of fused-ring (bicyclic) bond motifs is 2. The number of carbonyl (C=O) groups excluding carboxylic acids is 2. The van der Waals surface area contributed by atoms with Gasteiger partial charge in [-0.15, -0.1) is 4.99 Å². The van der Waals surface area contributed by atoms with Gasteiger partial charge in [-0.1, -0.05) is 24.7 Å². The van der Waals surface area contributed by atoms with Crippen molar-refractivity contribution in [1.29, 1.82) is 0 Å². The van der Waals surface area contributed by atoms with Crippen LogP contribution in [0.2, 0.25) is 0 Å². The predicted octanol–water partition coefficient (Wildman–Crippen LogP) is 3.76. The van der Waals surface area contributed by atoms with E-state index in [9.17, 15) is 24.9 Å². The normalized spacial score (nSPS) is 42.7. The van der Waals surface area contributed by atoms with Crippen LogP contribution < -0.4 is 16.4 Å². The zero-order chi connectivity index (χ0) is 41.1. The van der Waals surface area contributed by atoms with E-state index in [0.717, 1.165) is 70.9 Å². The monoisotopic (exact) mass is 818 g/mol. The molecule has 10 heteroatoms. The van der Waals surface area contributed by atoms with Crippen LogP contribution in [-0.4, -0.2) is 89.9 Å². The van der Waals surface area contributed by atoms with Gasteiger partial charge in [0.15, 0.2) is 12.0 Å². The number of ether oxygens (including phenoxy) is 1. The van der Waals surface area contributed by atoms with Crippen molar-refractivity contribution in [2.24, 2.45) is 68.9 Å². The summed E-state index contributed by atoms with van der Waals surface area (Å²) >= 11 is 0. The summed E-state index contributed by atoms with van der Waals surface area (Å²) in [5.41, 5.74) is 6.93. The molecule has 2 saturated heterocycles. The van der Waals surface area contributed by atoms with E-state index in [0.29, 0.717) is 98.2 Å². The zero-order valence-corrected chi connectivity index (χ0v) is 36.0. The van der Waals surface area contributed by atoms with Crippen LogP contribution in [0.1, 0.15) is 141 Å². The van der Waals surface area contributed by atoms with Crippen molar-refractivity contribution in [1.82, 2.24) is 0 Å². The number of carbonyl (C=O) groups is 2. The van der Waals surface area contributed by atoms with E-state index in [1.165, 1.54) is 37.7 Å². The van der Waals surface area contributed by atoms with Gasteiger partial charge in [0.2, 0.25) is 0 Å². The molecule has 8 aliphatic rings. The summed E-state index contributed by atoms with van der Waals surface area (Å²) in [7, 11) is 1.67. The highest BCUT2D eigenvalue weighted by molar-refractivity contribution is 5.89. The number of aliphatic imine (C=N–C) groups is 1. The fourth-order valence-corrected chi connectivity index (χ4v) is 14.3. The highest BCUT2D eigenvalue weighted by Crippen LogP contribution is 2.55. The van der Waals surface area contributed by atoms with Crippen LogP contribution in [0, 0.1) is 76.6 Å². The quantitative estimate of drug-likeness (QED) is 0.129. The molecule has 10 nitrogen and oxygen atoms in total. The van der Waals surface area contributed by atoms with Crippen molar-refractivity contribution < 1.29 is 40.3 Å². The molecule has 0 aromatic heterocycles. The van der Waals surface area contributed by atoms with Crippen molar-refractivity contribution in [3.05, 3.63) is 18.2 Å². The number of hydrogen-bond donors (Lipinski definition) is 6. The molecule has 0 amide bonds. The van der Waals surface area contributed by atoms with E-state index in [1.54, 1.807) is 7.11 Å². The number of allylic oxidation sites excluding steroid dienone is 1. The molecule has 0 aromatic carbocycles. The lowest BCUT2D eigenvalue weighted by Crippen LogP contribution is -2.96. The van der Waals surface area contributed by atoms with E-state index in [-0.39, 0.29) is 35.8 Å². The Hall–Kier alpha value is -2.10. The molecular formula is C49H77N4O6+3. The van der Waals surface area contributed by atoms with Crippen LogP contribution in [0.3, 0.4) is 0 Å². The Morgan fingerprint density at radius 3 is 2.56 bits per heavy atom. The number of Topliss-reactive ketones (excluding diaryl/α,β-unsaturated/α-hetero) is 2. The maximum atomic E-state index is 14.4. The Balaban J connectivity index is 0.943. The number of ketones is 2. The maximum Gasteiger partial charge on any atom is 0.176 e. The molecule has 15 atom stereocenters. The van der Waals surface area contributed by atoms with Crippen molar-refractivity contribution in [2.45, 2.75) is 178 Å². The lowest BCUT2D eigenvalue weighted by atomic mass is 9.58. The Morgan fingerprint density at radius 1 is 0.966 bits per heavy atom. The molecular weight excluding hydrogens is 741 g/mol. The number of aliphatic hydroxyl groups is 3. The van der Waals surface area contributed by atoms with Crippen LogP contribution >= 0.6 is 0 Å². The first-order valence-corrected chi connectivity index (χ1v) is 24.2. The number of nitrogens with two attached hydrogens (primary N) is 3. The van der Waals surface area contributed by atoms with Gasteiger partial charge in [0.1, 0.15) is 29.5 Å². The molecule has 9 N–H and O–H groups in total. The SMILES string of the molecule is COC1CC2CCC(=O)C3(C#CC(CCC(O)CCC4CC(N)[NH2+]CC4CC4=C[CH+]N=C4)C2CC1O)CCC(CC1(C2C[NH2+]C4CC(=O)CCC4C2)CCCC1)CC3O. The number of piperidine rings is 2. The fraction of sp³-hybridized carbons (Fsp3) is 0.837. The van der Waals surface area contributed by atoms with Gasteiger partial charge in [-0.2, -0.15) is 0 Å². The van der Waals surface area contributed by atoms with Crippen molar-refractivity contribution in [3.63, 3.8) is 0 Å². The molecule has 4 saturated carbocycles. The number of hydrogen-bond acceptors (Lipinski definition) is 8. The minimum absolute atomic E-state index is 0.0756. The van der Waals surface area contributed by atoms with Crippen molar-refractivity contribution in [3.8, 4) is 11.8 Å². The minimum atomic E-state index is -1.05. The van der Waals surface area contributed by atoms with Crippen molar-refractivity contribution >= 4 is 17.8 Å². The van der Waals surface area contributed by atoms with Crippen LogP contribution in [0.4, 0.5) is 0 Å². The predicted molar refractivity (Wildman–Crippen MR) is 227 cm³/mol. The first-order valence-electron chi connectivity index (χ1n) is 24.2. The summed E-state index contributed by atoms with van der Waals surface area (Å²) in [6.45, 7) is 3.98. The molecule has 5 aliphatic carbocycles. The third-order valence-corrected chi connectivity index (χ3v) is 17.8. The third-order valence-electron chi connectivity index (χ3n) is 17.8. The van der Waals surface area contributed by atoms with E-state index in [2.05, 4.69) is 33.5 Å². The Kier molecular flexibility index (Phi) is 14.1. The van der Waals surface area contributed by atoms with Gasteiger partial charge in [0.05, 0.1) is 56.0 Å². The molecule has 15 unspecified atom stereocenters. The van der Waals surface area contributed by atoms with Crippen LogP contribution in [-0.2, 0) is 14.3 Å². The number of aliphatic hydroxyl groups excluding tert-OH is 3. The molecule has 3 heterocycles. The summed E-state index contributed by atoms with van der Waals surface area (Å²) in [4.78, 5) is 30.9. The largest absolute Gasteiger partial charge is 0.393 e. The smallest absolute Gasteiger partial charge is 0.176 e. The van der Waals surface area contributed by atoms with Crippen molar-refractivity contribution in [2.75, 3.05) is 20.2 Å². The van der Waals surface area contributed by atoms with Gasteiger partial charge in [0, 0.05) is 56.5 Å². The third kappa shape index (κ3) is 9.77.